The van der Waals surface area contributed by atoms with Gasteiger partial charge in [-0.25, -0.2) is 4.79 Å². The van der Waals surface area contributed by atoms with Crippen LogP contribution in [0.5, 0.6) is 5.75 Å². The number of hydrogen-bond donors (Lipinski definition) is 2. The fraction of sp³-hybridized carbons (Fsp3) is 0.417. The van der Waals surface area contributed by atoms with Gasteiger partial charge in [-0.2, -0.15) is 0 Å². The topological polar surface area (TPSA) is 58.6 Å². The third-order valence-electron chi connectivity index (χ3n) is 2.85. The Balaban J connectivity index is 0.00000144. The molecule has 0 aliphatic carbocycles. The summed E-state index contributed by atoms with van der Waals surface area (Å²) in [6.45, 7) is 4.15. The predicted octanol–water partition coefficient (Wildman–Crippen LogP) is 2.60. The van der Waals surface area contributed by atoms with Crippen LogP contribution in [0.4, 0.5) is 4.79 Å². The van der Waals surface area contributed by atoms with Gasteiger partial charge in [-0.3, -0.25) is 0 Å². The Hall–Kier alpha value is -1.42. The van der Waals surface area contributed by atoms with Gasteiger partial charge in [0.15, 0.2) is 0 Å². The van der Waals surface area contributed by atoms with Gasteiger partial charge in [0.25, 0.3) is 0 Å². The quantitative estimate of drug-likeness (QED) is 0.813. The molecule has 1 aliphatic heterocycles. The van der Waals surface area contributed by atoms with Crippen LogP contribution in [0.15, 0.2) is 12.1 Å². The largest absolute Gasteiger partial charge is 0.507 e. The summed E-state index contributed by atoms with van der Waals surface area (Å²) in [5, 5.41) is 12.4. The Morgan fingerprint density at radius 1 is 1.35 bits per heavy atom. The zero-order chi connectivity index (χ0) is 11.7. The van der Waals surface area contributed by atoms with Crippen molar-refractivity contribution >= 4 is 18.5 Å². The highest BCUT2D eigenvalue weighted by atomic mass is 35.5. The number of phenols is 1. The first-order valence-corrected chi connectivity index (χ1v) is 5.31. The predicted molar refractivity (Wildman–Crippen MR) is 66.7 cm³/mol. The summed E-state index contributed by atoms with van der Waals surface area (Å²) in [7, 11) is 0. The number of benzene rings is 1. The van der Waals surface area contributed by atoms with Gasteiger partial charge >= 0.3 is 6.09 Å². The summed E-state index contributed by atoms with van der Waals surface area (Å²) >= 11 is 0. The van der Waals surface area contributed by atoms with Crippen molar-refractivity contribution < 1.29 is 14.6 Å². The molecule has 5 heteroatoms. The SMILES string of the molecule is Cc1cc([C@H]2CCOC(=O)N2)cc(C)c1O.Cl. The molecular weight excluding hydrogens is 242 g/mol. The van der Waals surface area contributed by atoms with Gasteiger partial charge in [0.1, 0.15) is 5.75 Å². The number of carbonyl (C=O) groups is 1. The van der Waals surface area contributed by atoms with Crippen molar-refractivity contribution in [3.05, 3.63) is 28.8 Å². The number of aromatic hydroxyl groups is 1. The molecule has 0 spiro atoms. The van der Waals surface area contributed by atoms with Crippen molar-refractivity contribution in [1.29, 1.82) is 0 Å². The normalized spacial score (nSPS) is 18.9. The second kappa shape index (κ2) is 5.27. The molecule has 1 saturated heterocycles. The van der Waals surface area contributed by atoms with E-state index in [1.807, 2.05) is 26.0 Å². The molecule has 0 radical (unpaired) electrons. The number of rotatable bonds is 1. The number of amides is 1. The number of halogens is 1. The Bertz CT molecular complexity index is 411. The minimum Gasteiger partial charge on any atom is -0.507 e. The molecule has 0 saturated carbocycles. The van der Waals surface area contributed by atoms with Crippen LogP contribution >= 0.6 is 12.4 Å². The van der Waals surface area contributed by atoms with E-state index < -0.39 is 0 Å². The fourth-order valence-electron chi connectivity index (χ4n) is 1.97. The van der Waals surface area contributed by atoms with Crippen LogP contribution in [0.25, 0.3) is 0 Å². The van der Waals surface area contributed by atoms with Gasteiger partial charge in [0.05, 0.1) is 12.6 Å². The summed E-state index contributed by atoms with van der Waals surface area (Å²) in [5.41, 5.74) is 2.68. The molecular formula is C12H16ClNO3. The lowest BCUT2D eigenvalue weighted by Crippen LogP contribution is -2.35. The number of alkyl carbamates (subject to hydrolysis) is 1. The van der Waals surface area contributed by atoms with E-state index in [4.69, 9.17) is 4.74 Å². The van der Waals surface area contributed by atoms with Crippen molar-refractivity contribution in [3.8, 4) is 5.75 Å². The van der Waals surface area contributed by atoms with E-state index in [1.165, 1.54) is 0 Å². The lowest BCUT2D eigenvalue weighted by molar-refractivity contribution is 0.115. The number of hydrogen-bond acceptors (Lipinski definition) is 3. The summed E-state index contributed by atoms with van der Waals surface area (Å²) in [4.78, 5) is 11.1. The average molecular weight is 258 g/mol. The Labute approximate surface area is 106 Å². The van der Waals surface area contributed by atoms with Crippen molar-refractivity contribution in [2.24, 2.45) is 0 Å². The van der Waals surface area contributed by atoms with Crippen LogP contribution in [0, 0.1) is 13.8 Å². The number of phenolic OH excluding ortho intramolecular Hbond substituents is 1. The van der Waals surface area contributed by atoms with E-state index in [0.29, 0.717) is 12.4 Å². The molecule has 1 aliphatic rings. The summed E-state index contributed by atoms with van der Waals surface area (Å²) in [6, 6.07) is 3.79. The zero-order valence-corrected chi connectivity index (χ0v) is 10.6. The molecule has 0 bridgehead atoms. The number of nitrogens with one attached hydrogen (secondary N) is 1. The van der Waals surface area contributed by atoms with E-state index >= 15 is 0 Å². The second-order valence-electron chi connectivity index (χ2n) is 4.12. The maximum absolute atomic E-state index is 11.1. The first-order chi connectivity index (χ1) is 7.58. The summed E-state index contributed by atoms with van der Waals surface area (Å²) in [6.07, 6.45) is 0.384. The highest BCUT2D eigenvalue weighted by Gasteiger charge is 2.21. The van der Waals surface area contributed by atoms with E-state index in [0.717, 1.165) is 23.1 Å². The number of aryl methyl sites for hydroxylation is 2. The van der Waals surface area contributed by atoms with E-state index in [1.54, 1.807) is 0 Å². The number of ether oxygens (including phenoxy) is 1. The summed E-state index contributed by atoms with van der Waals surface area (Å²) in [5.74, 6) is 0.321. The third kappa shape index (κ3) is 2.82. The van der Waals surface area contributed by atoms with Gasteiger partial charge in [-0.15, -0.1) is 12.4 Å². The standard InChI is InChI=1S/C12H15NO3.ClH/c1-7-5-9(6-8(2)11(7)14)10-3-4-16-12(15)13-10;/h5-6,10,14H,3-4H2,1-2H3,(H,13,15);1H/t10-;/m1./s1. The molecule has 1 amide bonds. The van der Waals surface area contributed by atoms with Gasteiger partial charge in [-0.05, 0) is 30.5 Å². The average Bonchev–Trinajstić information content (AvgIpc) is 2.25. The zero-order valence-electron chi connectivity index (χ0n) is 9.82. The van der Waals surface area contributed by atoms with Crippen LogP contribution in [0.1, 0.15) is 29.2 Å². The Morgan fingerprint density at radius 2 is 1.94 bits per heavy atom. The van der Waals surface area contributed by atoms with Crippen LogP contribution in [0.2, 0.25) is 0 Å². The summed E-state index contributed by atoms with van der Waals surface area (Å²) < 4.78 is 4.81. The van der Waals surface area contributed by atoms with Crippen molar-refractivity contribution in [2.45, 2.75) is 26.3 Å². The van der Waals surface area contributed by atoms with Crippen molar-refractivity contribution in [1.82, 2.24) is 5.32 Å². The van der Waals surface area contributed by atoms with Gasteiger partial charge < -0.3 is 15.2 Å². The molecule has 2 rings (SSSR count). The highest BCUT2D eigenvalue weighted by molar-refractivity contribution is 5.85. The van der Waals surface area contributed by atoms with E-state index in [2.05, 4.69) is 5.32 Å². The first-order valence-electron chi connectivity index (χ1n) is 5.31. The van der Waals surface area contributed by atoms with Gasteiger partial charge in [0, 0.05) is 6.42 Å². The monoisotopic (exact) mass is 257 g/mol. The molecule has 4 nitrogen and oxygen atoms in total. The Kier molecular flexibility index (Phi) is 4.23. The number of cyclic esters (lactones) is 1. The minimum absolute atomic E-state index is 0. The first kappa shape index (κ1) is 13.6. The van der Waals surface area contributed by atoms with Gasteiger partial charge in [-0.1, -0.05) is 12.1 Å². The van der Waals surface area contributed by atoms with Crippen molar-refractivity contribution in [2.75, 3.05) is 6.61 Å². The van der Waals surface area contributed by atoms with Gasteiger partial charge in [0.2, 0.25) is 0 Å². The third-order valence-corrected chi connectivity index (χ3v) is 2.85. The lowest BCUT2D eigenvalue weighted by Gasteiger charge is -2.24. The highest BCUT2D eigenvalue weighted by Crippen LogP contribution is 2.28. The molecule has 1 aromatic rings. The molecule has 1 fully saturated rings. The lowest BCUT2D eigenvalue weighted by atomic mass is 9.98. The molecule has 0 unspecified atom stereocenters. The molecule has 94 valence electrons. The van der Waals surface area contributed by atoms with Crippen LogP contribution in [-0.2, 0) is 4.74 Å². The maximum atomic E-state index is 11.1. The van der Waals surface area contributed by atoms with Crippen LogP contribution < -0.4 is 5.32 Å². The van der Waals surface area contributed by atoms with E-state index in [-0.39, 0.29) is 24.5 Å². The smallest absolute Gasteiger partial charge is 0.407 e. The Morgan fingerprint density at radius 3 is 2.47 bits per heavy atom. The second-order valence-corrected chi connectivity index (χ2v) is 4.12. The molecule has 1 atom stereocenters. The minimum atomic E-state index is -0.375. The molecule has 1 heterocycles. The molecule has 1 aromatic carbocycles. The fourth-order valence-corrected chi connectivity index (χ4v) is 1.97. The molecule has 17 heavy (non-hydrogen) atoms. The van der Waals surface area contributed by atoms with E-state index in [9.17, 15) is 9.90 Å². The number of carbonyl (C=O) groups excluding carboxylic acids is 1. The van der Waals surface area contributed by atoms with Crippen LogP contribution in [0.3, 0.4) is 0 Å². The van der Waals surface area contributed by atoms with Crippen LogP contribution in [-0.4, -0.2) is 17.8 Å². The maximum Gasteiger partial charge on any atom is 0.407 e. The molecule has 0 aromatic heterocycles. The molecule has 2 N–H and O–H groups in total. The van der Waals surface area contributed by atoms with Crippen molar-refractivity contribution in [3.63, 3.8) is 0 Å².